The van der Waals surface area contributed by atoms with Gasteiger partial charge in [-0.25, -0.2) is 9.59 Å². The van der Waals surface area contributed by atoms with Crippen LogP contribution in [0.4, 0.5) is 4.79 Å². The van der Waals surface area contributed by atoms with Crippen molar-refractivity contribution in [3.8, 4) is 11.5 Å². The maximum absolute atomic E-state index is 10.8. The number of hydrogen-bond acceptors (Lipinski definition) is 4. The van der Waals surface area contributed by atoms with Crippen LogP contribution < -0.4 is 9.47 Å². The van der Waals surface area contributed by atoms with Gasteiger partial charge >= 0.3 is 12.1 Å². The average Bonchev–Trinajstić information content (AvgIpc) is 2.47. The van der Waals surface area contributed by atoms with Gasteiger partial charge in [0.2, 0.25) is 0 Å². The summed E-state index contributed by atoms with van der Waals surface area (Å²) in [6, 6.07) is 15.0. The second-order valence-electron chi connectivity index (χ2n) is 5.70. The predicted octanol–water partition coefficient (Wildman–Crippen LogP) is 4.31. The molecule has 0 saturated heterocycles. The molecule has 2 aromatic rings. The summed E-state index contributed by atoms with van der Waals surface area (Å²) in [4.78, 5) is 20.8. The van der Waals surface area contributed by atoms with Crippen molar-refractivity contribution in [3.05, 3.63) is 60.2 Å². The monoisotopic (exact) mass is 332 g/mol. The molecule has 0 heterocycles. The molecule has 0 aliphatic heterocycles. The van der Waals surface area contributed by atoms with Crippen molar-refractivity contribution in [3.63, 3.8) is 0 Å². The first kappa shape index (κ1) is 19.0. The van der Waals surface area contributed by atoms with Crippen molar-refractivity contribution in [2.24, 2.45) is 0 Å². The summed E-state index contributed by atoms with van der Waals surface area (Å²) in [5.41, 5.74) is -0.187. The van der Waals surface area contributed by atoms with Crippen LogP contribution in [0.3, 0.4) is 0 Å². The zero-order valence-corrected chi connectivity index (χ0v) is 13.7. The maximum atomic E-state index is 10.8. The van der Waals surface area contributed by atoms with Gasteiger partial charge in [0.25, 0.3) is 0 Å². The lowest BCUT2D eigenvalue weighted by molar-refractivity contribution is 0.0681. The van der Waals surface area contributed by atoms with E-state index in [9.17, 15) is 9.59 Å². The number of carboxylic acid groups (broad SMARTS) is 2. The Morgan fingerprint density at radius 2 is 1.42 bits per heavy atom. The highest BCUT2D eigenvalue weighted by Gasteiger charge is 2.17. The molecule has 6 nitrogen and oxygen atoms in total. The summed E-state index contributed by atoms with van der Waals surface area (Å²) >= 11 is 0. The predicted molar refractivity (Wildman–Crippen MR) is 88.9 cm³/mol. The Morgan fingerprint density at radius 3 is 1.92 bits per heavy atom. The third-order valence-corrected chi connectivity index (χ3v) is 2.48. The number of carbonyl (C=O) groups is 2. The highest BCUT2D eigenvalue weighted by atomic mass is 16.7. The zero-order valence-electron chi connectivity index (χ0n) is 13.7. The van der Waals surface area contributed by atoms with Gasteiger partial charge in [-0.1, -0.05) is 30.3 Å². The largest absolute Gasteiger partial charge is 0.511 e. The summed E-state index contributed by atoms with van der Waals surface area (Å²) in [5, 5.41) is 17.0. The Kier molecular flexibility index (Phi) is 6.79. The molecule has 0 fully saturated rings. The van der Waals surface area contributed by atoms with Crippen LogP contribution in [-0.2, 0) is 0 Å². The number of rotatable bonds is 3. The maximum Gasteiger partial charge on any atom is 0.511 e. The summed E-state index contributed by atoms with van der Waals surface area (Å²) < 4.78 is 9.84. The topological polar surface area (TPSA) is 93.1 Å². The van der Waals surface area contributed by atoms with Crippen LogP contribution in [0.15, 0.2) is 54.6 Å². The fourth-order valence-corrected chi connectivity index (χ4v) is 1.65. The molecule has 0 spiro atoms. The Hall–Kier alpha value is -3.02. The fourth-order valence-electron chi connectivity index (χ4n) is 1.65. The smallest absolute Gasteiger partial charge is 0.487 e. The molecule has 2 N–H and O–H groups in total. The van der Waals surface area contributed by atoms with Gasteiger partial charge in [0.05, 0.1) is 0 Å². The van der Waals surface area contributed by atoms with E-state index in [-0.39, 0.29) is 11.2 Å². The van der Waals surface area contributed by atoms with Crippen LogP contribution in [0.5, 0.6) is 11.5 Å². The summed E-state index contributed by atoms with van der Waals surface area (Å²) in [6.45, 7) is 5.64. The van der Waals surface area contributed by atoms with E-state index in [0.29, 0.717) is 11.5 Å². The first-order valence-corrected chi connectivity index (χ1v) is 7.16. The standard InChI is InChI=1S/C11H14O3.C7H6O3/c1-11(2,3)14-9-7-5-4-6-8(9)10(12)13;8-7(9)10-6-4-2-1-3-5-6/h4-7H,1-3H3,(H,12,13);1-5H,(H,8,9). The molecule has 0 radical (unpaired) electrons. The van der Waals surface area contributed by atoms with Crippen LogP contribution in [0, 0.1) is 0 Å². The number of para-hydroxylation sites is 2. The van der Waals surface area contributed by atoms with Gasteiger partial charge in [-0.2, -0.15) is 0 Å². The third-order valence-electron chi connectivity index (χ3n) is 2.48. The lowest BCUT2D eigenvalue weighted by Crippen LogP contribution is -2.24. The molecule has 0 aliphatic carbocycles. The van der Waals surface area contributed by atoms with E-state index in [1.807, 2.05) is 20.8 Å². The number of carboxylic acids is 1. The van der Waals surface area contributed by atoms with Gasteiger partial charge in [-0.05, 0) is 45.0 Å². The lowest BCUT2D eigenvalue weighted by atomic mass is 10.1. The molecule has 0 atom stereocenters. The molecule has 2 aromatic carbocycles. The Bertz CT molecular complexity index is 673. The van der Waals surface area contributed by atoms with E-state index < -0.39 is 12.1 Å². The molecular formula is C18H20O6. The number of ether oxygens (including phenoxy) is 2. The van der Waals surface area contributed by atoms with Crippen molar-refractivity contribution in [1.29, 1.82) is 0 Å². The molecule has 24 heavy (non-hydrogen) atoms. The molecule has 0 aromatic heterocycles. The second kappa shape index (κ2) is 8.57. The number of benzene rings is 2. The van der Waals surface area contributed by atoms with Crippen LogP contribution in [0.1, 0.15) is 31.1 Å². The quantitative estimate of drug-likeness (QED) is 0.643. The Balaban J connectivity index is 0.000000254. The van der Waals surface area contributed by atoms with E-state index in [2.05, 4.69) is 4.74 Å². The highest BCUT2D eigenvalue weighted by molar-refractivity contribution is 5.90. The minimum Gasteiger partial charge on any atom is -0.487 e. The molecule has 0 unspecified atom stereocenters. The first-order chi connectivity index (χ1) is 11.2. The van der Waals surface area contributed by atoms with Crippen molar-refractivity contribution < 1.29 is 29.3 Å². The van der Waals surface area contributed by atoms with Crippen LogP contribution in [0.2, 0.25) is 0 Å². The average molecular weight is 332 g/mol. The molecule has 0 aliphatic rings. The van der Waals surface area contributed by atoms with Gasteiger partial charge in [-0.3, -0.25) is 0 Å². The summed E-state index contributed by atoms with van der Waals surface area (Å²) in [6.07, 6.45) is -1.29. The van der Waals surface area contributed by atoms with E-state index in [1.54, 1.807) is 48.5 Å². The second-order valence-corrected chi connectivity index (χ2v) is 5.70. The van der Waals surface area contributed by atoms with Gasteiger partial charge < -0.3 is 19.7 Å². The van der Waals surface area contributed by atoms with Crippen molar-refractivity contribution in [1.82, 2.24) is 0 Å². The molecule has 128 valence electrons. The van der Waals surface area contributed by atoms with Gasteiger partial charge in [-0.15, -0.1) is 0 Å². The number of hydrogen-bond donors (Lipinski definition) is 2. The minimum atomic E-state index is -1.29. The van der Waals surface area contributed by atoms with Gasteiger partial charge in [0, 0.05) is 0 Å². The van der Waals surface area contributed by atoms with Crippen molar-refractivity contribution in [2.75, 3.05) is 0 Å². The minimum absolute atomic E-state index is 0.197. The number of aromatic carboxylic acids is 1. The highest BCUT2D eigenvalue weighted by Crippen LogP contribution is 2.22. The van der Waals surface area contributed by atoms with Crippen molar-refractivity contribution in [2.45, 2.75) is 26.4 Å². The van der Waals surface area contributed by atoms with E-state index in [4.69, 9.17) is 14.9 Å². The van der Waals surface area contributed by atoms with Crippen molar-refractivity contribution >= 4 is 12.1 Å². The fraction of sp³-hybridized carbons (Fsp3) is 0.222. The van der Waals surface area contributed by atoms with Crippen LogP contribution in [0.25, 0.3) is 0 Å². The molecule has 0 amide bonds. The van der Waals surface area contributed by atoms with Crippen LogP contribution in [-0.4, -0.2) is 27.9 Å². The third kappa shape index (κ3) is 7.31. The molecule has 0 saturated carbocycles. The van der Waals surface area contributed by atoms with E-state index in [1.165, 1.54) is 6.07 Å². The Labute approximate surface area is 140 Å². The van der Waals surface area contributed by atoms with Crippen LogP contribution >= 0.6 is 0 Å². The molecule has 0 bridgehead atoms. The lowest BCUT2D eigenvalue weighted by Gasteiger charge is -2.22. The molecular weight excluding hydrogens is 312 g/mol. The Morgan fingerprint density at radius 1 is 0.875 bits per heavy atom. The van der Waals surface area contributed by atoms with Gasteiger partial charge in [0.15, 0.2) is 0 Å². The summed E-state index contributed by atoms with van der Waals surface area (Å²) in [5.74, 6) is -0.215. The van der Waals surface area contributed by atoms with E-state index >= 15 is 0 Å². The van der Waals surface area contributed by atoms with E-state index in [0.717, 1.165) is 0 Å². The zero-order chi connectivity index (χ0) is 18.2. The van der Waals surface area contributed by atoms with Gasteiger partial charge in [0.1, 0.15) is 22.7 Å². The summed E-state index contributed by atoms with van der Waals surface area (Å²) in [7, 11) is 0. The normalized spacial score (nSPS) is 10.1. The SMILES string of the molecule is CC(C)(C)Oc1ccccc1C(=O)O.O=C(O)Oc1ccccc1. The molecule has 6 heteroatoms. The molecule has 2 rings (SSSR count). The first-order valence-electron chi connectivity index (χ1n) is 7.16.